The smallest absolute Gasteiger partial charge is 0.243 e. The van der Waals surface area contributed by atoms with E-state index in [0.717, 1.165) is 21.5 Å². The monoisotopic (exact) mass is 540 g/mol. The van der Waals surface area contributed by atoms with Crippen molar-refractivity contribution in [3.8, 4) is 0 Å². The van der Waals surface area contributed by atoms with Gasteiger partial charge in [-0.2, -0.15) is 4.31 Å². The summed E-state index contributed by atoms with van der Waals surface area (Å²) in [5, 5.41) is 1.14. The third kappa shape index (κ3) is 5.15. The molecular weight excluding hydrogens is 516 g/mol. The van der Waals surface area contributed by atoms with Gasteiger partial charge in [-0.05, 0) is 62.2 Å². The summed E-state index contributed by atoms with van der Waals surface area (Å²) in [6, 6.07) is 17.8. The molecule has 1 aliphatic heterocycles. The van der Waals surface area contributed by atoms with Crippen molar-refractivity contribution in [3.05, 3.63) is 83.1 Å². The van der Waals surface area contributed by atoms with Gasteiger partial charge in [-0.25, -0.2) is 13.4 Å². The summed E-state index contributed by atoms with van der Waals surface area (Å²) >= 11 is 7.55. The second-order valence-corrected chi connectivity index (χ2v) is 12.3. The number of carbonyl (C=O) groups is 1. The SMILES string of the molecule is Cc1ccc(S(=O)(=O)N2CCCC(C(=O)N(Cc3ccccn3)c3nc4ccc(Cl)cc4s3)C2)cc1. The number of thiazole rings is 1. The molecular formula is C26H25ClN4O3S2. The zero-order valence-electron chi connectivity index (χ0n) is 19.7. The van der Waals surface area contributed by atoms with Gasteiger partial charge in [-0.1, -0.05) is 46.7 Å². The molecule has 2 aromatic heterocycles. The Kier molecular flexibility index (Phi) is 7.07. The van der Waals surface area contributed by atoms with Crippen LogP contribution in [-0.2, 0) is 21.4 Å². The fourth-order valence-electron chi connectivity index (χ4n) is 4.34. The van der Waals surface area contributed by atoms with Gasteiger partial charge in [0.1, 0.15) is 0 Å². The van der Waals surface area contributed by atoms with Crippen LogP contribution in [0.15, 0.2) is 71.8 Å². The van der Waals surface area contributed by atoms with Gasteiger partial charge in [-0.3, -0.25) is 14.7 Å². The second-order valence-electron chi connectivity index (χ2n) is 8.87. The first-order valence-corrected chi connectivity index (χ1v) is 14.3. The lowest BCUT2D eigenvalue weighted by molar-refractivity contribution is -0.123. The Morgan fingerprint density at radius 2 is 1.97 bits per heavy atom. The number of halogens is 1. The average molecular weight is 541 g/mol. The van der Waals surface area contributed by atoms with E-state index in [-0.39, 0.29) is 23.9 Å². The Balaban J connectivity index is 1.44. The molecule has 0 saturated carbocycles. The van der Waals surface area contributed by atoms with Crippen LogP contribution in [0.4, 0.5) is 5.13 Å². The van der Waals surface area contributed by atoms with Crippen LogP contribution >= 0.6 is 22.9 Å². The van der Waals surface area contributed by atoms with E-state index in [1.54, 1.807) is 41.4 Å². The Labute approximate surface area is 219 Å². The van der Waals surface area contributed by atoms with E-state index in [9.17, 15) is 13.2 Å². The average Bonchev–Trinajstić information content (AvgIpc) is 3.31. The first-order chi connectivity index (χ1) is 17.3. The highest BCUT2D eigenvalue weighted by Gasteiger charge is 2.36. The van der Waals surface area contributed by atoms with Gasteiger partial charge in [0, 0.05) is 24.3 Å². The second kappa shape index (κ2) is 10.3. The third-order valence-electron chi connectivity index (χ3n) is 6.27. The topological polar surface area (TPSA) is 83.5 Å². The largest absolute Gasteiger partial charge is 0.282 e. The molecule has 4 aromatic rings. The summed E-state index contributed by atoms with van der Waals surface area (Å²) in [6.07, 6.45) is 2.90. The zero-order chi connectivity index (χ0) is 25.3. The molecule has 1 aliphatic rings. The summed E-state index contributed by atoms with van der Waals surface area (Å²) in [4.78, 5) is 24.9. The van der Waals surface area contributed by atoms with Crippen LogP contribution < -0.4 is 4.90 Å². The minimum atomic E-state index is -3.70. The zero-order valence-corrected chi connectivity index (χ0v) is 22.1. The molecule has 186 valence electrons. The summed E-state index contributed by atoms with van der Waals surface area (Å²) in [5.41, 5.74) is 2.47. The van der Waals surface area contributed by atoms with Gasteiger partial charge in [-0.15, -0.1) is 0 Å². The molecule has 1 amide bonds. The number of fused-ring (bicyclic) bond motifs is 1. The first-order valence-electron chi connectivity index (χ1n) is 11.7. The minimum absolute atomic E-state index is 0.129. The predicted molar refractivity (Wildman–Crippen MR) is 143 cm³/mol. The molecule has 1 unspecified atom stereocenters. The van der Waals surface area contributed by atoms with Crippen molar-refractivity contribution in [3.63, 3.8) is 0 Å². The van der Waals surface area contributed by atoms with Gasteiger partial charge in [0.25, 0.3) is 0 Å². The predicted octanol–water partition coefficient (Wildman–Crippen LogP) is 5.29. The normalized spacial score (nSPS) is 16.8. The fourth-order valence-corrected chi connectivity index (χ4v) is 7.11. The number of anilines is 1. The Morgan fingerprint density at radius 3 is 2.72 bits per heavy atom. The molecule has 10 heteroatoms. The van der Waals surface area contributed by atoms with E-state index < -0.39 is 15.9 Å². The summed E-state index contributed by atoms with van der Waals surface area (Å²) in [6.45, 7) is 2.68. The number of hydrogen-bond acceptors (Lipinski definition) is 6. The number of benzene rings is 2. The Morgan fingerprint density at radius 1 is 1.17 bits per heavy atom. The molecule has 7 nitrogen and oxygen atoms in total. The van der Waals surface area contributed by atoms with Crippen LogP contribution in [-0.4, -0.2) is 41.7 Å². The summed E-state index contributed by atoms with van der Waals surface area (Å²) < 4.78 is 28.9. The number of hydrogen-bond donors (Lipinski definition) is 0. The van der Waals surface area contributed by atoms with Crippen LogP contribution in [0.1, 0.15) is 24.1 Å². The molecule has 1 fully saturated rings. The summed E-state index contributed by atoms with van der Waals surface area (Å²) in [5.74, 6) is -0.645. The molecule has 0 spiro atoms. The number of aryl methyl sites for hydroxylation is 1. The number of amides is 1. The number of sulfonamides is 1. The maximum Gasteiger partial charge on any atom is 0.243 e. The molecule has 3 heterocycles. The molecule has 36 heavy (non-hydrogen) atoms. The maximum absolute atomic E-state index is 13.9. The maximum atomic E-state index is 13.9. The van der Waals surface area contributed by atoms with E-state index in [1.165, 1.54) is 15.6 Å². The van der Waals surface area contributed by atoms with Crippen LogP contribution in [0.2, 0.25) is 5.02 Å². The molecule has 0 N–H and O–H groups in total. The number of nitrogens with zero attached hydrogens (tertiary/aromatic N) is 4. The number of rotatable bonds is 6. The van der Waals surface area contributed by atoms with Gasteiger partial charge in [0.2, 0.25) is 15.9 Å². The van der Waals surface area contributed by atoms with Crippen molar-refractivity contribution >= 4 is 54.2 Å². The standard InChI is InChI=1S/C26H25ClN4O3S2/c1-18-7-10-22(11-8-18)36(33,34)30-14-4-5-19(16-30)25(32)31(17-21-6-2-3-13-28-21)26-29-23-12-9-20(27)15-24(23)35-26/h2-3,6-13,15,19H,4-5,14,16-17H2,1H3. The molecule has 5 rings (SSSR count). The van der Waals surface area contributed by atoms with Crippen molar-refractivity contribution in [2.24, 2.45) is 5.92 Å². The fraction of sp³-hybridized carbons (Fsp3) is 0.269. The molecule has 1 saturated heterocycles. The highest BCUT2D eigenvalue weighted by atomic mass is 35.5. The van der Waals surface area contributed by atoms with Crippen molar-refractivity contribution < 1.29 is 13.2 Å². The highest BCUT2D eigenvalue weighted by Crippen LogP contribution is 2.34. The quantitative estimate of drug-likeness (QED) is 0.332. The van der Waals surface area contributed by atoms with Gasteiger partial charge < -0.3 is 0 Å². The van der Waals surface area contributed by atoms with E-state index in [4.69, 9.17) is 16.6 Å². The third-order valence-corrected chi connectivity index (χ3v) is 9.43. The van der Waals surface area contributed by atoms with Crippen molar-refractivity contribution in [2.75, 3.05) is 18.0 Å². The molecule has 1 atom stereocenters. The van der Waals surface area contributed by atoms with Gasteiger partial charge in [0.15, 0.2) is 5.13 Å². The lowest BCUT2D eigenvalue weighted by Crippen LogP contribution is -2.46. The lowest BCUT2D eigenvalue weighted by atomic mass is 9.98. The van der Waals surface area contributed by atoms with E-state index in [1.807, 2.05) is 37.3 Å². The number of pyridine rings is 1. The lowest BCUT2D eigenvalue weighted by Gasteiger charge is -2.33. The highest BCUT2D eigenvalue weighted by molar-refractivity contribution is 7.89. The van der Waals surface area contributed by atoms with Crippen LogP contribution in [0.3, 0.4) is 0 Å². The molecule has 2 aromatic carbocycles. The summed E-state index contributed by atoms with van der Waals surface area (Å²) in [7, 11) is -3.70. The minimum Gasteiger partial charge on any atom is -0.282 e. The number of piperidine rings is 1. The van der Waals surface area contributed by atoms with Crippen LogP contribution in [0.25, 0.3) is 10.2 Å². The first kappa shape index (κ1) is 24.8. The van der Waals surface area contributed by atoms with Crippen molar-refractivity contribution in [2.45, 2.75) is 31.2 Å². The van der Waals surface area contributed by atoms with E-state index in [2.05, 4.69) is 4.98 Å². The molecule has 0 radical (unpaired) electrons. The van der Waals surface area contributed by atoms with Crippen LogP contribution in [0, 0.1) is 12.8 Å². The van der Waals surface area contributed by atoms with Crippen LogP contribution in [0.5, 0.6) is 0 Å². The molecule has 0 aliphatic carbocycles. The Bertz CT molecular complexity index is 1490. The van der Waals surface area contributed by atoms with E-state index >= 15 is 0 Å². The Hall–Kier alpha value is -2.85. The van der Waals surface area contributed by atoms with Crippen molar-refractivity contribution in [1.82, 2.24) is 14.3 Å². The van der Waals surface area contributed by atoms with Gasteiger partial charge >= 0.3 is 0 Å². The molecule has 0 bridgehead atoms. The van der Waals surface area contributed by atoms with E-state index in [0.29, 0.717) is 29.5 Å². The van der Waals surface area contributed by atoms with Crippen molar-refractivity contribution in [1.29, 1.82) is 0 Å². The van der Waals surface area contributed by atoms with Gasteiger partial charge in [0.05, 0.1) is 33.3 Å². The number of carbonyl (C=O) groups excluding carboxylic acids is 1. The number of aromatic nitrogens is 2.